The van der Waals surface area contributed by atoms with E-state index in [1.165, 1.54) is 11.8 Å². The summed E-state index contributed by atoms with van der Waals surface area (Å²) in [6, 6.07) is 13.6. The zero-order valence-corrected chi connectivity index (χ0v) is 18.0. The highest BCUT2D eigenvalue weighted by atomic mass is 32.2. The summed E-state index contributed by atoms with van der Waals surface area (Å²) in [7, 11) is 0. The zero-order chi connectivity index (χ0) is 21.8. The molecule has 1 unspecified atom stereocenters. The fourth-order valence-corrected chi connectivity index (χ4v) is 4.14. The number of hydrogen-bond donors (Lipinski definition) is 1. The first-order valence-electron chi connectivity index (χ1n) is 9.19. The molecule has 30 heavy (non-hydrogen) atoms. The molecule has 1 heterocycles. The van der Waals surface area contributed by atoms with Gasteiger partial charge in [0.25, 0.3) is 5.91 Å². The van der Waals surface area contributed by atoms with Crippen LogP contribution in [0, 0.1) is 0 Å². The maximum atomic E-state index is 13.0. The molecule has 1 N–H and O–H groups in total. The van der Waals surface area contributed by atoms with Crippen molar-refractivity contribution in [2.45, 2.75) is 26.4 Å². The van der Waals surface area contributed by atoms with E-state index in [1.54, 1.807) is 61.5 Å². The van der Waals surface area contributed by atoms with Crippen LogP contribution in [0.25, 0.3) is 6.08 Å². The molecule has 0 aliphatic carbocycles. The number of nitrogens with zero attached hydrogens (tertiary/aromatic N) is 1. The fourth-order valence-electron chi connectivity index (χ4n) is 2.85. The Balaban J connectivity index is 1.89. The third kappa shape index (κ3) is 4.60. The van der Waals surface area contributed by atoms with E-state index >= 15 is 0 Å². The third-order valence-corrected chi connectivity index (χ3v) is 5.75. The Labute approximate surface area is 183 Å². The topological polar surface area (TPSA) is 83.9 Å². The van der Waals surface area contributed by atoms with Gasteiger partial charge < -0.3 is 9.84 Å². The van der Waals surface area contributed by atoms with Crippen molar-refractivity contribution in [1.29, 1.82) is 0 Å². The van der Waals surface area contributed by atoms with E-state index in [0.29, 0.717) is 38.2 Å². The van der Waals surface area contributed by atoms with Gasteiger partial charge in [0, 0.05) is 11.1 Å². The molecule has 0 bridgehead atoms. The van der Waals surface area contributed by atoms with Crippen LogP contribution in [0.4, 0.5) is 5.69 Å². The number of ketones is 1. The number of carboxylic acid groups (broad SMARTS) is 1. The number of carbonyl (C=O) groups is 3. The maximum absolute atomic E-state index is 13.0. The highest BCUT2D eigenvalue weighted by Gasteiger charge is 2.33. The summed E-state index contributed by atoms with van der Waals surface area (Å²) in [6.45, 7) is 3.20. The van der Waals surface area contributed by atoms with E-state index in [4.69, 9.17) is 17.0 Å². The molecule has 1 amide bonds. The van der Waals surface area contributed by atoms with E-state index in [1.807, 2.05) is 0 Å². The van der Waals surface area contributed by atoms with Crippen LogP contribution in [0.5, 0.6) is 5.75 Å². The minimum Gasteiger partial charge on any atom is -0.479 e. The minimum atomic E-state index is -1.05. The van der Waals surface area contributed by atoms with Gasteiger partial charge in [-0.05, 0) is 49.8 Å². The van der Waals surface area contributed by atoms with Crippen molar-refractivity contribution in [2.75, 3.05) is 4.90 Å². The second-order valence-corrected chi connectivity index (χ2v) is 8.19. The molecule has 2 aromatic carbocycles. The Hall–Kier alpha value is -2.97. The molecule has 1 fully saturated rings. The van der Waals surface area contributed by atoms with Crippen LogP contribution >= 0.6 is 24.0 Å². The van der Waals surface area contributed by atoms with Crippen LogP contribution in [-0.4, -0.2) is 33.2 Å². The number of carbonyl (C=O) groups excluding carboxylic acids is 2. The van der Waals surface area contributed by atoms with Gasteiger partial charge >= 0.3 is 5.97 Å². The first-order chi connectivity index (χ1) is 14.3. The highest BCUT2D eigenvalue weighted by Crippen LogP contribution is 2.37. The van der Waals surface area contributed by atoms with Gasteiger partial charge in [0.05, 0.1) is 10.6 Å². The minimum absolute atomic E-state index is 0.0600. The lowest BCUT2D eigenvalue weighted by molar-refractivity contribution is -0.145. The lowest BCUT2D eigenvalue weighted by atomic mass is 10.1. The molecule has 0 saturated carbocycles. The van der Waals surface area contributed by atoms with Gasteiger partial charge in [-0.3, -0.25) is 14.5 Å². The molecule has 0 radical (unpaired) electrons. The molecule has 0 aromatic heterocycles. The van der Waals surface area contributed by atoms with Crippen molar-refractivity contribution in [3.8, 4) is 5.75 Å². The average molecular weight is 442 g/mol. The summed E-state index contributed by atoms with van der Waals surface area (Å²) in [5.41, 5.74) is 1.71. The molecule has 0 spiro atoms. The van der Waals surface area contributed by atoms with Crippen molar-refractivity contribution in [2.24, 2.45) is 0 Å². The Morgan fingerprint density at radius 2 is 1.87 bits per heavy atom. The molecule has 154 valence electrons. The van der Waals surface area contributed by atoms with Crippen LogP contribution in [0.15, 0.2) is 53.4 Å². The number of hydrogen-bond acceptors (Lipinski definition) is 6. The summed E-state index contributed by atoms with van der Waals surface area (Å²) >= 11 is 6.54. The van der Waals surface area contributed by atoms with Crippen LogP contribution in [0.1, 0.15) is 36.2 Å². The second kappa shape index (κ2) is 9.23. The predicted octanol–water partition coefficient (Wildman–Crippen LogP) is 4.54. The SMILES string of the molecule is CCC(Oc1ccccc1/C=C1/SC(=S)N(c2ccc(C(C)=O)cc2)C1=O)C(=O)O. The number of rotatable bonds is 7. The molecule has 8 heteroatoms. The summed E-state index contributed by atoms with van der Waals surface area (Å²) in [5, 5.41) is 9.26. The van der Waals surface area contributed by atoms with Crippen molar-refractivity contribution < 1.29 is 24.2 Å². The van der Waals surface area contributed by atoms with Crippen molar-refractivity contribution in [3.63, 3.8) is 0 Å². The highest BCUT2D eigenvalue weighted by molar-refractivity contribution is 8.27. The largest absolute Gasteiger partial charge is 0.479 e. The number of thioether (sulfide) groups is 1. The first-order valence-corrected chi connectivity index (χ1v) is 10.4. The van der Waals surface area contributed by atoms with E-state index in [0.717, 1.165) is 11.8 Å². The summed E-state index contributed by atoms with van der Waals surface area (Å²) in [4.78, 5) is 37.6. The molecule has 1 saturated heterocycles. The van der Waals surface area contributed by atoms with Gasteiger partial charge in [-0.1, -0.05) is 49.1 Å². The zero-order valence-electron chi connectivity index (χ0n) is 16.3. The number of para-hydroxylation sites is 1. The van der Waals surface area contributed by atoms with E-state index < -0.39 is 12.1 Å². The Bertz CT molecular complexity index is 1050. The molecule has 6 nitrogen and oxygen atoms in total. The number of benzene rings is 2. The van der Waals surface area contributed by atoms with Gasteiger partial charge in [-0.25, -0.2) is 4.79 Å². The van der Waals surface area contributed by atoms with Crippen LogP contribution in [0.2, 0.25) is 0 Å². The number of amides is 1. The third-order valence-electron chi connectivity index (χ3n) is 4.45. The molecule has 1 aliphatic rings. The molecule has 1 aliphatic heterocycles. The molecular formula is C22H19NO5S2. The standard InChI is InChI=1S/C22H19NO5S2/c1-3-17(21(26)27)28-18-7-5-4-6-15(18)12-19-20(25)23(22(29)30-19)16-10-8-14(9-11-16)13(2)24/h4-12,17H,3H2,1-2H3,(H,26,27)/b19-12+. The van der Waals surface area contributed by atoms with Crippen molar-refractivity contribution in [1.82, 2.24) is 0 Å². The fraction of sp³-hybridized carbons (Fsp3) is 0.182. The summed E-state index contributed by atoms with van der Waals surface area (Å²) < 4.78 is 6.00. The number of thiocarbonyl (C=S) groups is 1. The normalized spacial score (nSPS) is 16.1. The molecule has 1 atom stereocenters. The number of aliphatic carboxylic acids is 1. The van der Waals surface area contributed by atoms with Gasteiger partial charge in [0.1, 0.15) is 5.75 Å². The lowest BCUT2D eigenvalue weighted by Gasteiger charge is -2.15. The molecule has 2 aromatic rings. The van der Waals surface area contributed by atoms with Crippen molar-refractivity contribution >= 4 is 57.7 Å². The Morgan fingerprint density at radius 1 is 1.20 bits per heavy atom. The Morgan fingerprint density at radius 3 is 2.47 bits per heavy atom. The maximum Gasteiger partial charge on any atom is 0.344 e. The van der Waals surface area contributed by atoms with Crippen molar-refractivity contribution in [3.05, 3.63) is 64.6 Å². The smallest absolute Gasteiger partial charge is 0.344 e. The van der Waals surface area contributed by atoms with E-state index in [-0.39, 0.29) is 11.7 Å². The lowest BCUT2D eigenvalue weighted by Crippen LogP contribution is -2.27. The summed E-state index contributed by atoms with van der Waals surface area (Å²) in [6.07, 6.45) is 0.976. The Kier molecular flexibility index (Phi) is 6.69. The molecular weight excluding hydrogens is 422 g/mol. The number of Topliss-reactive ketones (excluding diaryl/α,β-unsaturated/α-hetero) is 1. The van der Waals surface area contributed by atoms with Crippen LogP contribution in [-0.2, 0) is 9.59 Å². The van der Waals surface area contributed by atoms with Gasteiger partial charge in [0.15, 0.2) is 16.2 Å². The molecule has 3 rings (SSSR count). The average Bonchev–Trinajstić information content (AvgIpc) is 3.00. The second-order valence-electron chi connectivity index (χ2n) is 6.51. The van der Waals surface area contributed by atoms with E-state index in [2.05, 4.69) is 0 Å². The van der Waals surface area contributed by atoms with Gasteiger partial charge in [-0.15, -0.1) is 0 Å². The summed E-state index contributed by atoms with van der Waals surface area (Å²) in [5.74, 6) is -1.02. The quantitative estimate of drug-likeness (QED) is 0.384. The van der Waals surface area contributed by atoms with Gasteiger partial charge in [0.2, 0.25) is 0 Å². The van der Waals surface area contributed by atoms with Crippen LogP contribution < -0.4 is 9.64 Å². The number of ether oxygens (including phenoxy) is 1. The predicted molar refractivity (Wildman–Crippen MR) is 121 cm³/mol. The number of anilines is 1. The monoisotopic (exact) mass is 441 g/mol. The number of carboxylic acids is 1. The first kappa shape index (κ1) is 21.7. The van der Waals surface area contributed by atoms with E-state index in [9.17, 15) is 19.5 Å². The van der Waals surface area contributed by atoms with Crippen LogP contribution in [0.3, 0.4) is 0 Å². The van der Waals surface area contributed by atoms with Gasteiger partial charge in [-0.2, -0.15) is 0 Å².